The summed E-state index contributed by atoms with van der Waals surface area (Å²) >= 11 is 0. The van der Waals surface area contributed by atoms with Crippen LogP contribution < -0.4 is 0 Å². The summed E-state index contributed by atoms with van der Waals surface area (Å²) < 4.78 is 20.4. The lowest BCUT2D eigenvalue weighted by Crippen LogP contribution is -2.30. The number of aromatic nitrogens is 2. The van der Waals surface area contributed by atoms with Crippen molar-refractivity contribution >= 4 is 11.9 Å². The molecule has 25 heavy (non-hydrogen) atoms. The van der Waals surface area contributed by atoms with Crippen molar-refractivity contribution in [2.24, 2.45) is 13.0 Å². The lowest BCUT2D eigenvalue weighted by Gasteiger charge is -2.17. The molecule has 3 rings (SSSR count). The third kappa shape index (κ3) is 3.26. The van der Waals surface area contributed by atoms with Crippen molar-refractivity contribution in [2.75, 3.05) is 20.2 Å². The van der Waals surface area contributed by atoms with Gasteiger partial charge in [-0.25, -0.2) is 9.37 Å². The van der Waals surface area contributed by atoms with E-state index < -0.39 is 11.7 Å². The van der Waals surface area contributed by atoms with Gasteiger partial charge in [-0.1, -0.05) is 0 Å². The molecule has 1 fully saturated rings. The Morgan fingerprint density at radius 3 is 2.64 bits per heavy atom. The van der Waals surface area contributed by atoms with Crippen molar-refractivity contribution in [1.29, 1.82) is 0 Å². The minimum atomic E-state index is -0.473. The second-order valence-electron chi connectivity index (χ2n) is 6.39. The van der Waals surface area contributed by atoms with E-state index in [2.05, 4.69) is 4.98 Å². The second kappa shape index (κ2) is 6.66. The average Bonchev–Trinajstić information content (AvgIpc) is 3.18. The summed E-state index contributed by atoms with van der Waals surface area (Å²) in [6.07, 6.45) is 3.35. The van der Waals surface area contributed by atoms with Gasteiger partial charge in [-0.2, -0.15) is 0 Å². The van der Waals surface area contributed by atoms with Gasteiger partial charge < -0.3 is 14.2 Å². The summed E-state index contributed by atoms with van der Waals surface area (Å²) in [7, 11) is 3.18. The number of halogens is 1. The van der Waals surface area contributed by atoms with E-state index in [0.29, 0.717) is 12.1 Å². The fourth-order valence-electron chi connectivity index (χ4n) is 3.43. The Labute approximate surface area is 145 Å². The maximum atomic E-state index is 13.6. The van der Waals surface area contributed by atoms with E-state index in [-0.39, 0.29) is 29.9 Å². The van der Waals surface area contributed by atoms with Crippen LogP contribution in [0.3, 0.4) is 0 Å². The van der Waals surface area contributed by atoms with Crippen molar-refractivity contribution in [2.45, 2.75) is 12.8 Å². The zero-order valence-electron chi connectivity index (χ0n) is 14.4. The number of likely N-dealkylation sites (tertiary alicyclic amines) is 1. The number of ether oxygens (including phenoxy) is 1. The van der Waals surface area contributed by atoms with Crippen LogP contribution in [0.1, 0.15) is 27.5 Å². The van der Waals surface area contributed by atoms with Gasteiger partial charge in [-0.05, 0) is 30.7 Å². The van der Waals surface area contributed by atoms with Gasteiger partial charge in [0, 0.05) is 43.5 Å². The number of carbonyl (C=O) groups is 2. The molecule has 1 aromatic carbocycles. The van der Waals surface area contributed by atoms with Crippen LogP contribution >= 0.6 is 0 Å². The molecule has 0 N–H and O–H groups in total. The van der Waals surface area contributed by atoms with Crippen LogP contribution in [0.2, 0.25) is 0 Å². The minimum Gasteiger partial charge on any atom is -0.469 e. The van der Waals surface area contributed by atoms with Gasteiger partial charge in [0.15, 0.2) is 0 Å². The third-order valence-electron chi connectivity index (χ3n) is 4.63. The van der Waals surface area contributed by atoms with Crippen molar-refractivity contribution < 1.29 is 18.7 Å². The molecule has 0 aliphatic carbocycles. The van der Waals surface area contributed by atoms with Crippen LogP contribution in [0, 0.1) is 18.7 Å². The standard InChI is InChI=1S/C18H20FN3O3/c1-11-4-12(6-13(19)5-11)17(23)22-8-14(15(9-22)18(24)25-3)16-7-20-10-21(16)2/h4-7,10,14-15H,8-9H2,1-3H3/t14-,15-/m1/s1. The number of rotatable bonds is 3. The molecule has 0 bridgehead atoms. The van der Waals surface area contributed by atoms with Crippen LogP contribution in [0.25, 0.3) is 0 Å². The maximum absolute atomic E-state index is 13.6. The third-order valence-corrected chi connectivity index (χ3v) is 4.63. The molecule has 0 spiro atoms. The van der Waals surface area contributed by atoms with E-state index in [1.165, 1.54) is 19.2 Å². The fourth-order valence-corrected chi connectivity index (χ4v) is 3.43. The highest BCUT2D eigenvalue weighted by molar-refractivity contribution is 5.95. The first-order valence-corrected chi connectivity index (χ1v) is 8.01. The Kier molecular flexibility index (Phi) is 4.57. The normalized spacial score (nSPS) is 19.9. The highest BCUT2D eigenvalue weighted by Crippen LogP contribution is 2.34. The van der Waals surface area contributed by atoms with Crippen molar-refractivity contribution in [3.8, 4) is 0 Å². The number of amides is 1. The van der Waals surface area contributed by atoms with Crippen LogP contribution in [-0.4, -0.2) is 46.5 Å². The highest BCUT2D eigenvalue weighted by atomic mass is 19.1. The van der Waals surface area contributed by atoms with Crippen LogP contribution in [0.15, 0.2) is 30.7 Å². The van der Waals surface area contributed by atoms with E-state index in [0.717, 1.165) is 5.69 Å². The molecule has 132 valence electrons. The first-order valence-electron chi connectivity index (χ1n) is 8.01. The lowest BCUT2D eigenvalue weighted by molar-refractivity contribution is -0.145. The number of esters is 1. The van der Waals surface area contributed by atoms with Crippen LogP contribution in [0.5, 0.6) is 0 Å². The molecule has 2 heterocycles. The summed E-state index contributed by atoms with van der Waals surface area (Å²) in [6.45, 7) is 2.32. The Hall–Kier alpha value is -2.70. The summed E-state index contributed by atoms with van der Waals surface area (Å²) in [5, 5.41) is 0. The number of nitrogens with zero attached hydrogens (tertiary/aromatic N) is 3. The van der Waals surface area contributed by atoms with Gasteiger partial charge in [-0.3, -0.25) is 9.59 Å². The number of hydrogen-bond donors (Lipinski definition) is 0. The molecule has 1 aliphatic heterocycles. The zero-order chi connectivity index (χ0) is 18.1. The second-order valence-corrected chi connectivity index (χ2v) is 6.39. The molecule has 2 aromatic rings. The van der Waals surface area contributed by atoms with E-state index in [1.807, 2.05) is 11.6 Å². The molecule has 0 saturated carbocycles. The van der Waals surface area contributed by atoms with Gasteiger partial charge in [-0.15, -0.1) is 0 Å². The quantitative estimate of drug-likeness (QED) is 0.797. The van der Waals surface area contributed by atoms with Gasteiger partial charge in [0.1, 0.15) is 5.82 Å². The SMILES string of the molecule is COC(=O)[C@@H]1CN(C(=O)c2cc(C)cc(F)c2)C[C@H]1c1cncn1C. The number of aryl methyl sites for hydroxylation is 2. The van der Waals surface area contributed by atoms with E-state index in [9.17, 15) is 14.0 Å². The number of benzene rings is 1. The van der Waals surface area contributed by atoms with E-state index in [4.69, 9.17) is 4.74 Å². The van der Waals surface area contributed by atoms with E-state index in [1.54, 1.807) is 30.4 Å². The number of imidazole rings is 1. The fraction of sp³-hybridized carbons (Fsp3) is 0.389. The van der Waals surface area contributed by atoms with Gasteiger partial charge in [0.2, 0.25) is 0 Å². The predicted octanol–water partition coefficient (Wildman–Crippen LogP) is 1.90. The molecular formula is C18H20FN3O3. The molecule has 6 nitrogen and oxygen atoms in total. The van der Waals surface area contributed by atoms with Gasteiger partial charge in [0.25, 0.3) is 5.91 Å². The Morgan fingerprint density at radius 1 is 1.28 bits per heavy atom. The predicted molar refractivity (Wildman–Crippen MR) is 88.5 cm³/mol. The summed E-state index contributed by atoms with van der Waals surface area (Å²) in [6, 6.07) is 4.24. The Bertz CT molecular complexity index is 797. The Balaban J connectivity index is 1.90. The average molecular weight is 345 g/mol. The van der Waals surface area contributed by atoms with Crippen molar-refractivity contribution in [3.63, 3.8) is 0 Å². The van der Waals surface area contributed by atoms with Crippen LogP contribution in [0.4, 0.5) is 4.39 Å². The largest absolute Gasteiger partial charge is 0.469 e. The maximum Gasteiger partial charge on any atom is 0.311 e. The molecule has 7 heteroatoms. The topological polar surface area (TPSA) is 64.4 Å². The van der Waals surface area contributed by atoms with Crippen molar-refractivity contribution in [3.05, 3.63) is 53.4 Å². The minimum absolute atomic E-state index is 0.210. The summed E-state index contributed by atoms with van der Waals surface area (Å²) in [5.41, 5.74) is 1.82. The van der Waals surface area contributed by atoms with E-state index >= 15 is 0 Å². The summed E-state index contributed by atoms with van der Waals surface area (Å²) in [4.78, 5) is 30.7. The van der Waals surface area contributed by atoms with Crippen LogP contribution in [-0.2, 0) is 16.6 Å². The molecule has 1 aliphatic rings. The molecule has 1 amide bonds. The number of carbonyl (C=O) groups excluding carboxylic acids is 2. The first-order chi connectivity index (χ1) is 11.9. The molecular weight excluding hydrogens is 325 g/mol. The molecule has 0 unspecified atom stereocenters. The first kappa shape index (κ1) is 17.1. The lowest BCUT2D eigenvalue weighted by atomic mass is 9.93. The molecule has 2 atom stereocenters. The molecule has 1 aromatic heterocycles. The zero-order valence-corrected chi connectivity index (χ0v) is 14.4. The van der Waals surface area contributed by atoms with Crippen molar-refractivity contribution in [1.82, 2.24) is 14.5 Å². The monoisotopic (exact) mass is 345 g/mol. The van der Waals surface area contributed by atoms with Gasteiger partial charge >= 0.3 is 5.97 Å². The smallest absolute Gasteiger partial charge is 0.311 e. The molecule has 0 radical (unpaired) electrons. The van der Waals surface area contributed by atoms with Gasteiger partial charge in [0.05, 0.1) is 19.4 Å². The summed E-state index contributed by atoms with van der Waals surface area (Å²) in [5.74, 6) is -1.79. The Morgan fingerprint density at radius 2 is 2.04 bits per heavy atom. The highest BCUT2D eigenvalue weighted by Gasteiger charge is 2.42. The molecule has 1 saturated heterocycles. The number of methoxy groups -OCH3 is 1. The number of hydrogen-bond acceptors (Lipinski definition) is 4.